The normalized spacial score (nSPS) is 12.6. The molecule has 108 valence electrons. The van der Waals surface area contributed by atoms with Gasteiger partial charge in [-0.2, -0.15) is 8.42 Å². The summed E-state index contributed by atoms with van der Waals surface area (Å²) in [5.41, 5.74) is 2.74. The predicted octanol–water partition coefficient (Wildman–Crippen LogP) is 3.28. The van der Waals surface area contributed by atoms with Gasteiger partial charge in [0.05, 0.1) is 12.9 Å². The molecule has 1 rings (SSSR count). The van der Waals surface area contributed by atoms with E-state index in [1.54, 1.807) is 0 Å². The van der Waals surface area contributed by atoms with Crippen molar-refractivity contribution in [2.75, 3.05) is 12.9 Å². The standard InChI is InChI=1S/C15H24O3S/c1-5-15(2,3)14-10-6-8-13(12-14)9-7-11-18-19(4,16)17/h6,8,10,12H,5,7,9,11H2,1-4H3. The maximum atomic E-state index is 10.8. The second-order valence-corrected chi connectivity index (χ2v) is 7.21. The van der Waals surface area contributed by atoms with Gasteiger partial charge in [0, 0.05) is 0 Å². The van der Waals surface area contributed by atoms with Crippen molar-refractivity contribution in [3.63, 3.8) is 0 Å². The molecule has 3 nitrogen and oxygen atoms in total. The Morgan fingerprint density at radius 3 is 2.53 bits per heavy atom. The fourth-order valence-corrected chi connectivity index (χ4v) is 2.26. The van der Waals surface area contributed by atoms with E-state index in [2.05, 4.69) is 45.0 Å². The molecule has 19 heavy (non-hydrogen) atoms. The Kier molecular flexibility index (Phi) is 5.56. The summed E-state index contributed by atoms with van der Waals surface area (Å²) in [7, 11) is -3.31. The molecule has 0 aliphatic carbocycles. The van der Waals surface area contributed by atoms with Gasteiger partial charge in [-0.1, -0.05) is 45.0 Å². The Morgan fingerprint density at radius 1 is 1.26 bits per heavy atom. The van der Waals surface area contributed by atoms with Gasteiger partial charge < -0.3 is 0 Å². The average molecular weight is 284 g/mol. The van der Waals surface area contributed by atoms with Crippen LogP contribution < -0.4 is 0 Å². The highest BCUT2D eigenvalue weighted by atomic mass is 32.2. The average Bonchev–Trinajstić information content (AvgIpc) is 2.34. The Labute approximate surface area is 117 Å². The van der Waals surface area contributed by atoms with Crippen molar-refractivity contribution in [3.8, 4) is 0 Å². The van der Waals surface area contributed by atoms with Gasteiger partial charge in [-0.05, 0) is 35.8 Å². The molecule has 0 aromatic heterocycles. The van der Waals surface area contributed by atoms with Crippen LogP contribution in [0, 0.1) is 0 Å². The first-order chi connectivity index (χ1) is 8.74. The largest absolute Gasteiger partial charge is 0.270 e. The number of hydrogen-bond acceptors (Lipinski definition) is 3. The van der Waals surface area contributed by atoms with Crippen LogP contribution in [0.3, 0.4) is 0 Å². The van der Waals surface area contributed by atoms with Crippen LogP contribution >= 0.6 is 0 Å². The van der Waals surface area contributed by atoms with Crippen molar-refractivity contribution in [3.05, 3.63) is 35.4 Å². The lowest BCUT2D eigenvalue weighted by Crippen LogP contribution is -2.15. The molecule has 0 bridgehead atoms. The van der Waals surface area contributed by atoms with Crippen molar-refractivity contribution in [1.29, 1.82) is 0 Å². The SMILES string of the molecule is CCC(C)(C)c1cccc(CCCOS(C)(=O)=O)c1. The summed E-state index contributed by atoms with van der Waals surface area (Å²) in [6, 6.07) is 8.51. The minimum atomic E-state index is -3.31. The molecule has 0 saturated carbocycles. The molecule has 4 heteroatoms. The molecule has 0 spiro atoms. The van der Waals surface area contributed by atoms with Crippen molar-refractivity contribution in [1.82, 2.24) is 0 Å². The summed E-state index contributed by atoms with van der Waals surface area (Å²) in [6.45, 7) is 6.91. The molecule has 1 aromatic carbocycles. The fourth-order valence-electron chi connectivity index (χ4n) is 1.84. The maximum absolute atomic E-state index is 10.8. The predicted molar refractivity (Wildman–Crippen MR) is 78.9 cm³/mol. The van der Waals surface area contributed by atoms with Crippen molar-refractivity contribution >= 4 is 10.1 Å². The van der Waals surface area contributed by atoms with Gasteiger partial charge in [0.2, 0.25) is 0 Å². The minimum absolute atomic E-state index is 0.180. The topological polar surface area (TPSA) is 43.4 Å². The Morgan fingerprint density at radius 2 is 1.95 bits per heavy atom. The van der Waals surface area contributed by atoms with E-state index in [-0.39, 0.29) is 12.0 Å². The molecule has 0 fully saturated rings. The van der Waals surface area contributed by atoms with Crippen LogP contribution in [0.2, 0.25) is 0 Å². The highest BCUT2D eigenvalue weighted by molar-refractivity contribution is 7.85. The molecule has 0 unspecified atom stereocenters. The van der Waals surface area contributed by atoms with E-state index in [0.717, 1.165) is 19.1 Å². The second kappa shape index (κ2) is 6.53. The summed E-state index contributed by atoms with van der Waals surface area (Å²) in [5.74, 6) is 0. The number of rotatable bonds is 7. The quantitative estimate of drug-likeness (QED) is 0.570. The molecule has 0 atom stereocenters. The van der Waals surface area contributed by atoms with E-state index in [4.69, 9.17) is 4.18 Å². The summed E-state index contributed by atoms with van der Waals surface area (Å²) in [5, 5.41) is 0. The third kappa shape index (κ3) is 5.74. The number of benzene rings is 1. The highest BCUT2D eigenvalue weighted by Gasteiger charge is 2.17. The van der Waals surface area contributed by atoms with Crippen LogP contribution in [0.1, 0.15) is 44.7 Å². The number of hydrogen-bond donors (Lipinski definition) is 0. The third-order valence-electron chi connectivity index (χ3n) is 3.50. The molecule has 0 amide bonds. The van der Waals surface area contributed by atoms with E-state index in [1.807, 2.05) is 0 Å². The van der Waals surface area contributed by atoms with E-state index in [0.29, 0.717) is 6.42 Å². The molecular formula is C15H24O3S. The summed E-state index contributed by atoms with van der Waals surface area (Å²) in [6.07, 6.45) is 3.72. The van der Waals surface area contributed by atoms with Crippen molar-refractivity contribution < 1.29 is 12.6 Å². The first-order valence-corrected chi connectivity index (χ1v) is 8.50. The van der Waals surface area contributed by atoms with Crippen LogP contribution in [0.4, 0.5) is 0 Å². The zero-order valence-electron chi connectivity index (χ0n) is 12.3. The van der Waals surface area contributed by atoms with Crippen LogP contribution in [-0.2, 0) is 26.1 Å². The van der Waals surface area contributed by atoms with Crippen LogP contribution in [0.5, 0.6) is 0 Å². The first kappa shape index (κ1) is 16.2. The third-order valence-corrected chi connectivity index (χ3v) is 4.09. The van der Waals surface area contributed by atoms with Crippen LogP contribution in [0.25, 0.3) is 0 Å². The Hall–Kier alpha value is -0.870. The molecule has 0 heterocycles. The maximum Gasteiger partial charge on any atom is 0.264 e. The first-order valence-electron chi connectivity index (χ1n) is 6.68. The Balaban J connectivity index is 2.58. The summed E-state index contributed by atoms with van der Waals surface area (Å²) >= 11 is 0. The van der Waals surface area contributed by atoms with E-state index in [9.17, 15) is 8.42 Å². The molecule has 1 aromatic rings. The van der Waals surface area contributed by atoms with E-state index in [1.165, 1.54) is 11.1 Å². The molecule has 0 saturated heterocycles. The van der Waals surface area contributed by atoms with Crippen LogP contribution in [-0.4, -0.2) is 21.3 Å². The molecular weight excluding hydrogens is 260 g/mol. The Bertz CT molecular complexity index is 504. The molecule has 0 aliphatic rings. The smallest absolute Gasteiger partial charge is 0.264 e. The lowest BCUT2D eigenvalue weighted by atomic mass is 9.81. The zero-order chi connectivity index (χ0) is 14.5. The zero-order valence-corrected chi connectivity index (χ0v) is 13.1. The van der Waals surface area contributed by atoms with Gasteiger partial charge in [0.15, 0.2) is 0 Å². The minimum Gasteiger partial charge on any atom is -0.270 e. The molecule has 0 radical (unpaired) electrons. The summed E-state index contributed by atoms with van der Waals surface area (Å²) in [4.78, 5) is 0. The van der Waals surface area contributed by atoms with Gasteiger partial charge in [-0.25, -0.2) is 0 Å². The fraction of sp³-hybridized carbons (Fsp3) is 0.600. The van der Waals surface area contributed by atoms with E-state index < -0.39 is 10.1 Å². The van der Waals surface area contributed by atoms with Crippen molar-refractivity contribution in [2.45, 2.75) is 45.4 Å². The summed E-state index contributed by atoms with van der Waals surface area (Å²) < 4.78 is 26.4. The van der Waals surface area contributed by atoms with Gasteiger partial charge >= 0.3 is 0 Å². The van der Waals surface area contributed by atoms with Gasteiger partial charge in [-0.15, -0.1) is 0 Å². The van der Waals surface area contributed by atoms with Crippen molar-refractivity contribution in [2.24, 2.45) is 0 Å². The second-order valence-electron chi connectivity index (χ2n) is 5.57. The van der Waals surface area contributed by atoms with Gasteiger partial charge in [-0.3, -0.25) is 4.18 Å². The van der Waals surface area contributed by atoms with Gasteiger partial charge in [0.1, 0.15) is 0 Å². The highest BCUT2D eigenvalue weighted by Crippen LogP contribution is 2.27. The van der Waals surface area contributed by atoms with Gasteiger partial charge in [0.25, 0.3) is 10.1 Å². The lowest BCUT2D eigenvalue weighted by Gasteiger charge is -2.23. The monoisotopic (exact) mass is 284 g/mol. The molecule has 0 N–H and O–H groups in total. The number of aryl methyl sites for hydroxylation is 1. The molecule has 0 aliphatic heterocycles. The lowest BCUT2D eigenvalue weighted by molar-refractivity contribution is 0.316. The van der Waals surface area contributed by atoms with E-state index >= 15 is 0 Å². The van der Waals surface area contributed by atoms with Crippen LogP contribution in [0.15, 0.2) is 24.3 Å².